The Hall–Kier alpha value is -2.09. The second-order valence-electron chi connectivity index (χ2n) is 6.43. The van der Waals surface area contributed by atoms with Crippen LogP contribution in [0.2, 0.25) is 0 Å². The summed E-state index contributed by atoms with van der Waals surface area (Å²) in [6.07, 6.45) is 0. The molecule has 0 saturated carbocycles. The number of benzene rings is 2. The van der Waals surface area contributed by atoms with Crippen molar-refractivity contribution < 1.29 is 4.79 Å². The minimum atomic E-state index is -0.0354. The van der Waals surface area contributed by atoms with Crippen LogP contribution < -0.4 is 5.32 Å². The molecule has 0 aliphatic carbocycles. The molecule has 1 amide bonds. The average molecular weight is 281 g/mol. The van der Waals surface area contributed by atoms with Gasteiger partial charge < -0.3 is 5.32 Å². The molecule has 2 nitrogen and oxygen atoms in total. The molecule has 0 aromatic heterocycles. The van der Waals surface area contributed by atoms with E-state index in [2.05, 4.69) is 26.1 Å². The van der Waals surface area contributed by atoms with Crippen LogP contribution in [0.5, 0.6) is 0 Å². The van der Waals surface area contributed by atoms with Crippen molar-refractivity contribution in [1.82, 2.24) is 5.32 Å². The number of carbonyl (C=O) groups is 1. The van der Waals surface area contributed by atoms with Gasteiger partial charge in [0.1, 0.15) is 0 Å². The van der Waals surface area contributed by atoms with E-state index in [0.717, 1.165) is 5.56 Å². The fraction of sp³-hybridized carbons (Fsp3) is 0.316. The Balaban J connectivity index is 2.07. The molecule has 0 bridgehead atoms. The van der Waals surface area contributed by atoms with Gasteiger partial charge >= 0.3 is 0 Å². The molecule has 2 aromatic rings. The number of hydrogen-bond acceptors (Lipinski definition) is 1. The van der Waals surface area contributed by atoms with Gasteiger partial charge in [0.25, 0.3) is 5.91 Å². The number of nitrogens with one attached hydrogen (secondary N) is 1. The highest BCUT2D eigenvalue weighted by Gasteiger charge is 2.15. The first-order valence-corrected chi connectivity index (χ1v) is 7.34. The van der Waals surface area contributed by atoms with Crippen molar-refractivity contribution in [3.05, 3.63) is 71.3 Å². The first-order valence-electron chi connectivity index (χ1n) is 7.34. The van der Waals surface area contributed by atoms with E-state index in [9.17, 15) is 4.79 Å². The van der Waals surface area contributed by atoms with Crippen molar-refractivity contribution in [1.29, 1.82) is 0 Å². The van der Waals surface area contributed by atoms with Gasteiger partial charge in [0, 0.05) is 5.56 Å². The zero-order chi connectivity index (χ0) is 15.5. The largest absolute Gasteiger partial charge is 0.346 e. The SMILES string of the molecule is CC(NC(=O)c1ccc(C(C)(C)C)cc1)c1ccccc1. The van der Waals surface area contributed by atoms with Gasteiger partial charge in [0.2, 0.25) is 0 Å². The lowest BCUT2D eigenvalue weighted by molar-refractivity contribution is 0.0940. The standard InChI is InChI=1S/C19H23NO/c1-14(15-8-6-5-7-9-15)20-18(21)16-10-12-17(13-11-16)19(2,3)4/h5-14H,1-4H3,(H,20,21). The molecule has 0 saturated heterocycles. The number of amides is 1. The van der Waals surface area contributed by atoms with Crippen LogP contribution in [0.1, 0.15) is 55.2 Å². The van der Waals surface area contributed by atoms with Crippen molar-refractivity contribution in [3.63, 3.8) is 0 Å². The summed E-state index contributed by atoms with van der Waals surface area (Å²) >= 11 is 0. The van der Waals surface area contributed by atoms with Gasteiger partial charge in [-0.05, 0) is 35.6 Å². The third-order valence-electron chi connectivity index (χ3n) is 3.66. The van der Waals surface area contributed by atoms with E-state index >= 15 is 0 Å². The summed E-state index contributed by atoms with van der Waals surface area (Å²) in [5.74, 6) is -0.0354. The van der Waals surface area contributed by atoms with E-state index < -0.39 is 0 Å². The maximum absolute atomic E-state index is 12.3. The zero-order valence-electron chi connectivity index (χ0n) is 13.2. The molecule has 21 heavy (non-hydrogen) atoms. The molecule has 0 fully saturated rings. The van der Waals surface area contributed by atoms with Gasteiger partial charge in [-0.25, -0.2) is 0 Å². The van der Waals surface area contributed by atoms with Crippen LogP contribution in [0.3, 0.4) is 0 Å². The fourth-order valence-corrected chi connectivity index (χ4v) is 2.23. The molecule has 0 radical (unpaired) electrons. The van der Waals surface area contributed by atoms with Gasteiger partial charge in [-0.1, -0.05) is 63.2 Å². The monoisotopic (exact) mass is 281 g/mol. The second-order valence-corrected chi connectivity index (χ2v) is 6.43. The normalized spacial score (nSPS) is 12.8. The molecule has 0 heterocycles. The molecular weight excluding hydrogens is 258 g/mol. The van der Waals surface area contributed by atoms with Gasteiger partial charge in [-0.3, -0.25) is 4.79 Å². The van der Waals surface area contributed by atoms with Gasteiger partial charge in [0.05, 0.1) is 6.04 Å². The number of hydrogen-bond donors (Lipinski definition) is 1. The van der Waals surface area contributed by atoms with Crippen molar-refractivity contribution in [2.45, 2.75) is 39.2 Å². The summed E-state index contributed by atoms with van der Waals surface area (Å²) in [5.41, 5.74) is 3.14. The Morgan fingerprint density at radius 1 is 0.952 bits per heavy atom. The Labute approximate surface area is 127 Å². The highest BCUT2D eigenvalue weighted by molar-refractivity contribution is 5.94. The molecule has 110 valence electrons. The molecule has 1 atom stereocenters. The molecule has 0 aliphatic rings. The quantitative estimate of drug-likeness (QED) is 0.883. The maximum Gasteiger partial charge on any atom is 0.251 e. The number of carbonyl (C=O) groups excluding carboxylic acids is 1. The van der Waals surface area contributed by atoms with E-state index in [4.69, 9.17) is 0 Å². The maximum atomic E-state index is 12.3. The van der Waals surface area contributed by atoms with Crippen LogP contribution in [0, 0.1) is 0 Å². The fourth-order valence-electron chi connectivity index (χ4n) is 2.23. The topological polar surface area (TPSA) is 29.1 Å². The lowest BCUT2D eigenvalue weighted by Gasteiger charge is -2.19. The zero-order valence-corrected chi connectivity index (χ0v) is 13.2. The predicted molar refractivity (Wildman–Crippen MR) is 87.5 cm³/mol. The minimum absolute atomic E-state index is 0.000919. The lowest BCUT2D eigenvalue weighted by atomic mass is 9.86. The minimum Gasteiger partial charge on any atom is -0.346 e. The van der Waals surface area contributed by atoms with Crippen LogP contribution in [0.25, 0.3) is 0 Å². The number of rotatable bonds is 3. The first-order chi connectivity index (χ1) is 9.88. The van der Waals surface area contributed by atoms with Crippen LogP contribution in [0.4, 0.5) is 0 Å². The molecular formula is C19H23NO. The summed E-state index contributed by atoms with van der Waals surface area (Å²) in [4.78, 5) is 12.3. The highest BCUT2D eigenvalue weighted by Crippen LogP contribution is 2.22. The molecule has 2 aromatic carbocycles. The van der Waals surface area contributed by atoms with E-state index in [1.807, 2.05) is 61.5 Å². The van der Waals surface area contributed by atoms with Crippen LogP contribution >= 0.6 is 0 Å². The Kier molecular flexibility index (Phi) is 4.46. The average Bonchev–Trinajstić information content (AvgIpc) is 2.47. The third-order valence-corrected chi connectivity index (χ3v) is 3.66. The van der Waals surface area contributed by atoms with Crippen LogP contribution in [0.15, 0.2) is 54.6 Å². The summed E-state index contributed by atoms with van der Waals surface area (Å²) in [5, 5.41) is 3.03. The summed E-state index contributed by atoms with van der Waals surface area (Å²) in [7, 11) is 0. The van der Waals surface area contributed by atoms with Crippen molar-refractivity contribution in [3.8, 4) is 0 Å². The van der Waals surface area contributed by atoms with E-state index in [1.54, 1.807) is 0 Å². The second kappa shape index (κ2) is 6.13. The van der Waals surface area contributed by atoms with Crippen molar-refractivity contribution >= 4 is 5.91 Å². The highest BCUT2D eigenvalue weighted by atomic mass is 16.1. The molecule has 1 unspecified atom stereocenters. The van der Waals surface area contributed by atoms with Crippen LogP contribution in [-0.2, 0) is 5.41 Å². The van der Waals surface area contributed by atoms with E-state index in [0.29, 0.717) is 5.56 Å². The predicted octanol–water partition coefficient (Wildman–Crippen LogP) is 4.48. The van der Waals surface area contributed by atoms with Gasteiger partial charge in [0.15, 0.2) is 0 Å². The summed E-state index contributed by atoms with van der Waals surface area (Å²) < 4.78 is 0. The molecule has 0 aliphatic heterocycles. The van der Waals surface area contributed by atoms with E-state index in [1.165, 1.54) is 5.56 Å². The molecule has 2 rings (SSSR count). The van der Waals surface area contributed by atoms with E-state index in [-0.39, 0.29) is 17.4 Å². The summed E-state index contributed by atoms with van der Waals surface area (Å²) in [6.45, 7) is 8.50. The van der Waals surface area contributed by atoms with Gasteiger partial charge in [-0.2, -0.15) is 0 Å². The van der Waals surface area contributed by atoms with Crippen molar-refractivity contribution in [2.75, 3.05) is 0 Å². The Morgan fingerprint density at radius 2 is 1.52 bits per heavy atom. The molecule has 0 spiro atoms. The Bertz CT molecular complexity index is 594. The third kappa shape index (κ3) is 3.94. The Morgan fingerprint density at radius 3 is 2.05 bits per heavy atom. The van der Waals surface area contributed by atoms with Crippen LogP contribution in [-0.4, -0.2) is 5.91 Å². The summed E-state index contributed by atoms with van der Waals surface area (Å²) in [6, 6.07) is 17.8. The van der Waals surface area contributed by atoms with Crippen molar-refractivity contribution in [2.24, 2.45) is 0 Å². The molecule has 2 heteroatoms. The molecule has 1 N–H and O–H groups in total. The smallest absolute Gasteiger partial charge is 0.251 e. The lowest BCUT2D eigenvalue weighted by Crippen LogP contribution is -2.26. The first kappa shape index (κ1) is 15.3. The van der Waals surface area contributed by atoms with Gasteiger partial charge in [-0.15, -0.1) is 0 Å².